The van der Waals surface area contributed by atoms with Crippen molar-refractivity contribution in [2.45, 2.75) is 24.6 Å². The van der Waals surface area contributed by atoms with E-state index in [0.29, 0.717) is 6.54 Å². The second kappa shape index (κ2) is 8.62. The second-order valence-electron chi connectivity index (χ2n) is 3.57. The third kappa shape index (κ3) is 7.00. The van der Waals surface area contributed by atoms with Gasteiger partial charge in [-0.05, 0) is 6.26 Å². The number of carboxylic acid groups (broad SMARTS) is 1. The number of hydrogen-bond acceptors (Lipinski definition) is 5. The van der Waals surface area contributed by atoms with Gasteiger partial charge in [-0.3, -0.25) is 4.79 Å². The summed E-state index contributed by atoms with van der Waals surface area (Å²) in [5, 5.41) is 13.8. The van der Waals surface area contributed by atoms with Gasteiger partial charge in [0.05, 0.1) is 13.5 Å². The van der Waals surface area contributed by atoms with E-state index in [9.17, 15) is 14.4 Å². The Morgan fingerprint density at radius 2 is 2.00 bits per heavy atom. The van der Waals surface area contributed by atoms with Crippen LogP contribution in [0.4, 0.5) is 4.79 Å². The zero-order valence-corrected chi connectivity index (χ0v) is 11.4. The Labute approximate surface area is 110 Å². The molecule has 0 aromatic heterocycles. The number of hydrogen-bond donors (Lipinski definition) is 3. The molecule has 3 N–H and O–H groups in total. The van der Waals surface area contributed by atoms with Gasteiger partial charge in [0.1, 0.15) is 6.04 Å². The van der Waals surface area contributed by atoms with Crippen LogP contribution < -0.4 is 10.6 Å². The number of carbonyl (C=O) groups is 3. The summed E-state index contributed by atoms with van der Waals surface area (Å²) in [5.41, 5.74) is 0. The van der Waals surface area contributed by atoms with Crippen LogP contribution in [0.1, 0.15) is 13.3 Å². The van der Waals surface area contributed by atoms with Gasteiger partial charge in [-0.25, -0.2) is 9.59 Å². The van der Waals surface area contributed by atoms with E-state index >= 15 is 0 Å². The monoisotopic (exact) mass is 278 g/mol. The van der Waals surface area contributed by atoms with Crippen molar-refractivity contribution >= 4 is 29.7 Å². The molecule has 2 atom stereocenters. The fourth-order valence-electron chi connectivity index (χ4n) is 0.979. The smallest absolute Gasteiger partial charge is 0.326 e. The van der Waals surface area contributed by atoms with Gasteiger partial charge in [-0.2, -0.15) is 11.8 Å². The van der Waals surface area contributed by atoms with Crippen molar-refractivity contribution in [3.8, 4) is 0 Å². The summed E-state index contributed by atoms with van der Waals surface area (Å²) in [6.07, 6.45) is 1.50. The van der Waals surface area contributed by atoms with Gasteiger partial charge in [0.15, 0.2) is 0 Å². The molecule has 0 aliphatic rings. The highest BCUT2D eigenvalue weighted by Gasteiger charge is 2.23. The first-order chi connectivity index (χ1) is 8.40. The maximum atomic E-state index is 11.4. The Kier molecular flexibility index (Phi) is 7.93. The Morgan fingerprint density at radius 3 is 2.44 bits per heavy atom. The summed E-state index contributed by atoms with van der Waals surface area (Å²) < 4.78 is 4.35. The molecule has 0 bridgehead atoms. The van der Waals surface area contributed by atoms with Gasteiger partial charge in [-0.15, -0.1) is 0 Å². The van der Waals surface area contributed by atoms with Crippen LogP contribution in [-0.2, 0) is 14.3 Å². The summed E-state index contributed by atoms with van der Waals surface area (Å²) >= 11 is 1.57. The zero-order valence-electron chi connectivity index (χ0n) is 10.6. The highest BCUT2D eigenvalue weighted by Crippen LogP contribution is 2.02. The molecular weight excluding hydrogens is 260 g/mol. The summed E-state index contributed by atoms with van der Waals surface area (Å²) in [7, 11) is 1.15. The number of amides is 2. The normalized spacial score (nSPS) is 13.3. The highest BCUT2D eigenvalue weighted by molar-refractivity contribution is 7.99. The first-order valence-corrected chi connectivity index (χ1v) is 6.56. The largest absolute Gasteiger partial charge is 0.480 e. The number of thioether (sulfide) groups is 1. The van der Waals surface area contributed by atoms with E-state index < -0.39 is 30.4 Å². The van der Waals surface area contributed by atoms with Crippen molar-refractivity contribution in [1.29, 1.82) is 0 Å². The average Bonchev–Trinajstić information content (AvgIpc) is 2.34. The molecule has 18 heavy (non-hydrogen) atoms. The van der Waals surface area contributed by atoms with Gasteiger partial charge < -0.3 is 20.5 Å². The third-order valence-corrected chi connectivity index (χ3v) is 3.13. The molecule has 0 saturated heterocycles. The molecule has 8 heteroatoms. The van der Waals surface area contributed by atoms with Crippen molar-refractivity contribution in [3.63, 3.8) is 0 Å². The lowest BCUT2D eigenvalue weighted by Crippen LogP contribution is -2.48. The van der Waals surface area contributed by atoms with Gasteiger partial charge in [0, 0.05) is 11.8 Å². The number of carbonyl (C=O) groups excluding carboxylic acids is 2. The number of carboxylic acids is 1. The molecule has 0 aromatic carbocycles. The van der Waals surface area contributed by atoms with E-state index in [4.69, 9.17) is 5.11 Å². The summed E-state index contributed by atoms with van der Waals surface area (Å²) in [4.78, 5) is 33.2. The molecule has 0 aliphatic heterocycles. The number of esters is 1. The summed E-state index contributed by atoms with van der Waals surface area (Å²) in [6.45, 7) is 2.34. The Morgan fingerprint density at radius 1 is 1.39 bits per heavy atom. The van der Waals surface area contributed by atoms with Gasteiger partial charge in [0.2, 0.25) is 0 Å². The highest BCUT2D eigenvalue weighted by atomic mass is 32.2. The van der Waals surface area contributed by atoms with Gasteiger partial charge >= 0.3 is 18.0 Å². The number of nitrogens with one attached hydrogen (secondary N) is 2. The van der Waals surface area contributed by atoms with E-state index in [2.05, 4.69) is 15.4 Å². The predicted molar refractivity (Wildman–Crippen MR) is 67.6 cm³/mol. The molecule has 0 aromatic rings. The Balaban J connectivity index is 4.20. The predicted octanol–water partition coefficient (Wildman–Crippen LogP) is 0.0534. The van der Waals surface area contributed by atoms with E-state index in [1.165, 1.54) is 0 Å². The first kappa shape index (κ1) is 16.6. The molecule has 0 heterocycles. The lowest BCUT2D eigenvalue weighted by Gasteiger charge is -2.15. The Hall–Kier alpha value is -1.44. The molecular formula is C10H18N2O5S. The fraction of sp³-hybridized carbons (Fsp3) is 0.700. The van der Waals surface area contributed by atoms with E-state index in [0.717, 1.165) is 7.11 Å². The number of ether oxygens (including phenoxy) is 1. The maximum Gasteiger partial charge on any atom is 0.326 e. The van der Waals surface area contributed by atoms with Crippen molar-refractivity contribution in [2.75, 3.05) is 19.9 Å². The minimum atomic E-state index is -1.29. The van der Waals surface area contributed by atoms with Crippen LogP contribution in [0.2, 0.25) is 0 Å². The lowest BCUT2D eigenvalue weighted by molar-refractivity contribution is -0.147. The molecule has 0 saturated carbocycles. The van der Waals surface area contributed by atoms with Crippen molar-refractivity contribution in [2.24, 2.45) is 0 Å². The molecule has 0 rings (SSSR count). The molecule has 104 valence electrons. The van der Waals surface area contributed by atoms with Crippen LogP contribution in [0.25, 0.3) is 0 Å². The zero-order chi connectivity index (χ0) is 14.1. The topological polar surface area (TPSA) is 105 Å². The number of rotatable bonds is 7. The minimum absolute atomic E-state index is 0.222. The fourth-order valence-corrected chi connectivity index (χ4v) is 1.23. The molecule has 0 spiro atoms. The molecule has 0 radical (unpaired) electrons. The molecule has 1 unspecified atom stereocenters. The quantitative estimate of drug-likeness (QED) is 0.568. The second-order valence-corrected chi connectivity index (χ2v) is 4.85. The Bertz CT molecular complexity index is 311. The van der Waals surface area contributed by atoms with Gasteiger partial charge in [-0.1, -0.05) is 6.92 Å². The van der Waals surface area contributed by atoms with Crippen molar-refractivity contribution in [1.82, 2.24) is 10.6 Å². The first-order valence-electron chi connectivity index (χ1n) is 5.27. The summed E-state index contributed by atoms with van der Waals surface area (Å²) in [5.74, 6) is -1.98. The number of urea groups is 1. The lowest BCUT2D eigenvalue weighted by atomic mass is 10.2. The molecule has 0 fully saturated rings. The minimum Gasteiger partial charge on any atom is -0.480 e. The number of aliphatic carboxylic acids is 1. The van der Waals surface area contributed by atoms with E-state index in [-0.39, 0.29) is 5.25 Å². The number of methoxy groups -OCH3 is 1. The average molecular weight is 278 g/mol. The van der Waals surface area contributed by atoms with Crippen LogP contribution in [-0.4, -0.2) is 54.3 Å². The molecule has 2 amide bonds. The van der Waals surface area contributed by atoms with Crippen LogP contribution >= 0.6 is 11.8 Å². The van der Waals surface area contributed by atoms with Crippen molar-refractivity contribution < 1.29 is 24.2 Å². The molecule has 7 nitrogen and oxygen atoms in total. The van der Waals surface area contributed by atoms with Crippen molar-refractivity contribution in [3.05, 3.63) is 0 Å². The van der Waals surface area contributed by atoms with Crippen LogP contribution in [0.15, 0.2) is 0 Å². The molecule has 0 aliphatic carbocycles. The van der Waals surface area contributed by atoms with E-state index in [1.807, 2.05) is 13.2 Å². The van der Waals surface area contributed by atoms with E-state index in [1.54, 1.807) is 11.8 Å². The SMILES string of the molecule is COC(=O)C[C@H](NC(=O)NCC(C)SC)C(=O)O. The third-order valence-electron chi connectivity index (χ3n) is 2.15. The summed E-state index contributed by atoms with van der Waals surface area (Å²) in [6, 6.07) is -1.91. The van der Waals surface area contributed by atoms with Crippen LogP contribution in [0, 0.1) is 0 Å². The van der Waals surface area contributed by atoms with Crippen LogP contribution in [0.3, 0.4) is 0 Å². The van der Waals surface area contributed by atoms with Gasteiger partial charge in [0.25, 0.3) is 0 Å². The maximum absolute atomic E-state index is 11.4. The standard InChI is InChI=1S/C10H18N2O5S/c1-6(18-3)5-11-10(16)12-7(9(14)15)4-8(13)17-2/h6-7H,4-5H2,1-3H3,(H,14,15)(H2,11,12,16)/t6?,7-/m0/s1. The van der Waals surface area contributed by atoms with Crippen LogP contribution in [0.5, 0.6) is 0 Å².